The number of carbonyl (C=O) groups excluding carboxylic acids is 2. The molecule has 0 aromatic heterocycles. The Morgan fingerprint density at radius 1 is 0.737 bits per heavy atom. The highest BCUT2D eigenvalue weighted by atomic mass is 16.6. The Bertz CT molecular complexity index is 1120. The summed E-state index contributed by atoms with van der Waals surface area (Å²) in [5.74, 6) is 0. The molecule has 0 spiro atoms. The largest absolute Gasteiger partial charge is 0.445 e. The Morgan fingerprint density at radius 3 is 1.76 bits per heavy atom. The quantitative estimate of drug-likeness (QED) is 0.315. The molecule has 3 N–H and O–H groups in total. The van der Waals surface area contributed by atoms with Crippen LogP contribution in [-0.2, 0) is 28.9 Å². The van der Waals surface area contributed by atoms with Gasteiger partial charge in [0.2, 0.25) is 0 Å². The van der Waals surface area contributed by atoms with Crippen LogP contribution in [0.5, 0.6) is 0 Å². The van der Waals surface area contributed by atoms with E-state index in [0.717, 1.165) is 16.7 Å². The van der Waals surface area contributed by atoms with Gasteiger partial charge < -0.3 is 25.2 Å². The number of hydrogen-bond acceptors (Lipinski definition) is 5. The van der Waals surface area contributed by atoms with Gasteiger partial charge in [-0.15, -0.1) is 0 Å². The number of alkyl carbamates (subject to hydrolysis) is 2. The van der Waals surface area contributed by atoms with Crippen molar-refractivity contribution < 1.29 is 24.2 Å². The molecule has 38 heavy (non-hydrogen) atoms. The van der Waals surface area contributed by atoms with Crippen LogP contribution in [0.1, 0.15) is 43.9 Å². The van der Waals surface area contributed by atoms with Crippen molar-refractivity contribution in [1.29, 1.82) is 0 Å². The maximum atomic E-state index is 12.7. The summed E-state index contributed by atoms with van der Waals surface area (Å²) in [6.45, 7) is 5.51. The molecule has 7 nitrogen and oxygen atoms in total. The number of ether oxygens (including phenoxy) is 2. The van der Waals surface area contributed by atoms with Crippen molar-refractivity contribution >= 4 is 12.2 Å². The fraction of sp³-hybridized carbons (Fsp3) is 0.355. The molecule has 0 aliphatic carbocycles. The summed E-state index contributed by atoms with van der Waals surface area (Å²) in [7, 11) is 0. The molecule has 3 atom stereocenters. The molecule has 0 heterocycles. The molecule has 3 rings (SSSR count). The predicted molar refractivity (Wildman–Crippen MR) is 148 cm³/mol. The van der Waals surface area contributed by atoms with E-state index >= 15 is 0 Å². The molecular formula is C31H38N2O5. The summed E-state index contributed by atoms with van der Waals surface area (Å²) in [4.78, 5) is 25.3. The molecule has 3 aromatic carbocycles. The number of aliphatic hydroxyl groups excluding tert-OH is 1. The monoisotopic (exact) mass is 518 g/mol. The number of hydrogen-bond donors (Lipinski definition) is 3. The first-order chi connectivity index (χ1) is 18.2. The summed E-state index contributed by atoms with van der Waals surface area (Å²) < 4.78 is 10.9. The topological polar surface area (TPSA) is 96.9 Å². The van der Waals surface area contributed by atoms with Gasteiger partial charge in [0.05, 0.1) is 12.1 Å². The molecule has 0 radical (unpaired) electrons. The third-order valence-corrected chi connectivity index (χ3v) is 5.85. The number of rotatable bonds is 11. The molecule has 0 saturated heterocycles. The van der Waals surface area contributed by atoms with Gasteiger partial charge in [0.25, 0.3) is 0 Å². The van der Waals surface area contributed by atoms with E-state index < -0.39 is 36.0 Å². The van der Waals surface area contributed by atoms with Crippen molar-refractivity contribution in [1.82, 2.24) is 10.6 Å². The molecule has 2 amide bonds. The molecular weight excluding hydrogens is 480 g/mol. The summed E-state index contributed by atoms with van der Waals surface area (Å²) in [5.41, 5.74) is 2.17. The SMILES string of the molecule is CC(C)(C)OC(=O)N[C@@H](Cc1ccccc1)[C@H](O)C[C@H](Cc1ccccc1)NC(=O)OCc1ccccc1. The molecule has 0 aliphatic heterocycles. The van der Waals surface area contributed by atoms with Gasteiger partial charge >= 0.3 is 12.2 Å². The Balaban J connectivity index is 1.72. The van der Waals surface area contributed by atoms with Crippen LogP contribution in [-0.4, -0.2) is 41.1 Å². The minimum atomic E-state index is -0.967. The van der Waals surface area contributed by atoms with Crippen LogP contribution < -0.4 is 10.6 Å². The Morgan fingerprint density at radius 2 is 1.24 bits per heavy atom. The zero-order valence-corrected chi connectivity index (χ0v) is 22.3. The second-order valence-corrected chi connectivity index (χ2v) is 10.3. The summed E-state index contributed by atoms with van der Waals surface area (Å²) in [6.07, 6.45) is -1.05. The molecule has 202 valence electrons. The molecule has 7 heteroatoms. The minimum absolute atomic E-state index is 0.143. The highest BCUT2D eigenvalue weighted by Gasteiger charge is 2.28. The Hall–Kier alpha value is -3.84. The maximum Gasteiger partial charge on any atom is 0.407 e. The van der Waals surface area contributed by atoms with Gasteiger partial charge in [0, 0.05) is 6.04 Å². The van der Waals surface area contributed by atoms with Gasteiger partial charge in [-0.05, 0) is 56.7 Å². The zero-order chi connectivity index (χ0) is 27.4. The highest BCUT2D eigenvalue weighted by molar-refractivity contribution is 5.68. The second kappa shape index (κ2) is 14.2. The third-order valence-electron chi connectivity index (χ3n) is 5.85. The second-order valence-electron chi connectivity index (χ2n) is 10.3. The number of carbonyl (C=O) groups is 2. The lowest BCUT2D eigenvalue weighted by Crippen LogP contribution is -2.49. The first-order valence-electron chi connectivity index (χ1n) is 12.9. The van der Waals surface area contributed by atoms with Gasteiger partial charge in [-0.3, -0.25) is 0 Å². The van der Waals surface area contributed by atoms with Crippen LogP contribution >= 0.6 is 0 Å². The van der Waals surface area contributed by atoms with Crippen LogP contribution in [0.15, 0.2) is 91.0 Å². The van der Waals surface area contributed by atoms with Crippen LogP contribution in [0.4, 0.5) is 9.59 Å². The minimum Gasteiger partial charge on any atom is -0.445 e. The van der Waals surface area contributed by atoms with Crippen molar-refractivity contribution in [3.8, 4) is 0 Å². The van der Waals surface area contributed by atoms with E-state index in [-0.39, 0.29) is 13.0 Å². The standard InChI is InChI=1S/C31H38N2O5/c1-31(2,3)38-30(36)33-27(20-24-15-9-5-10-16-24)28(34)21-26(19-23-13-7-4-8-14-23)32-29(35)37-22-25-17-11-6-12-18-25/h4-18,26-28,34H,19-22H2,1-3H3,(H,32,35)(H,33,36)/t26-,27-,28+/m0/s1. The van der Waals surface area contributed by atoms with Crippen LogP contribution in [0.3, 0.4) is 0 Å². The lowest BCUT2D eigenvalue weighted by Gasteiger charge is -2.29. The van der Waals surface area contributed by atoms with Gasteiger partial charge in [-0.1, -0.05) is 91.0 Å². The number of aliphatic hydroxyl groups is 1. The van der Waals surface area contributed by atoms with Crippen molar-refractivity contribution in [2.24, 2.45) is 0 Å². The normalized spacial score (nSPS) is 13.6. The lowest BCUT2D eigenvalue weighted by molar-refractivity contribution is 0.0397. The maximum absolute atomic E-state index is 12.7. The Labute approximate surface area is 225 Å². The van der Waals surface area contributed by atoms with E-state index in [1.165, 1.54) is 0 Å². The van der Waals surface area contributed by atoms with E-state index in [2.05, 4.69) is 10.6 Å². The molecule has 0 aliphatic rings. The summed E-state index contributed by atoms with van der Waals surface area (Å²) >= 11 is 0. The van der Waals surface area contributed by atoms with Crippen molar-refractivity contribution in [3.05, 3.63) is 108 Å². The van der Waals surface area contributed by atoms with E-state index in [9.17, 15) is 14.7 Å². The third kappa shape index (κ3) is 10.6. The summed E-state index contributed by atoms with van der Waals surface area (Å²) in [5, 5.41) is 17.1. The van der Waals surface area contributed by atoms with Crippen LogP contribution in [0, 0.1) is 0 Å². The highest BCUT2D eigenvalue weighted by Crippen LogP contribution is 2.16. The number of amides is 2. The van der Waals surface area contributed by atoms with Crippen molar-refractivity contribution in [2.75, 3.05) is 0 Å². The number of nitrogens with one attached hydrogen (secondary N) is 2. The van der Waals surface area contributed by atoms with Gasteiger partial charge in [-0.25, -0.2) is 9.59 Å². The van der Waals surface area contributed by atoms with Gasteiger partial charge in [-0.2, -0.15) is 0 Å². The van der Waals surface area contributed by atoms with Gasteiger partial charge in [0.15, 0.2) is 0 Å². The van der Waals surface area contributed by atoms with Gasteiger partial charge in [0.1, 0.15) is 12.2 Å². The first-order valence-corrected chi connectivity index (χ1v) is 12.9. The lowest BCUT2D eigenvalue weighted by atomic mass is 9.94. The van der Waals surface area contributed by atoms with E-state index in [0.29, 0.717) is 12.8 Å². The van der Waals surface area contributed by atoms with E-state index in [1.807, 2.05) is 91.0 Å². The fourth-order valence-corrected chi connectivity index (χ4v) is 4.09. The van der Waals surface area contributed by atoms with Crippen LogP contribution in [0.2, 0.25) is 0 Å². The van der Waals surface area contributed by atoms with E-state index in [1.54, 1.807) is 20.8 Å². The summed E-state index contributed by atoms with van der Waals surface area (Å²) in [6, 6.07) is 27.7. The van der Waals surface area contributed by atoms with E-state index in [4.69, 9.17) is 9.47 Å². The molecule has 0 saturated carbocycles. The molecule has 0 unspecified atom stereocenters. The Kier molecular flexibility index (Phi) is 10.7. The fourth-order valence-electron chi connectivity index (χ4n) is 4.09. The molecule has 0 fully saturated rings. The predicted octanol–water partition coefficient (Wildman–Crippen LogP) is 5.41. The smallest absolute Gasteiger partial charge is 0.407 e. The first kappa shape index (κ1) is 28.7. The van der Waals surface area contributed by atoms with Crippen molar-refractivity contribution in [3.63, 3.8) is 0 Å². The number of benzene rings is 3. The average Bonchev–Trinajstić information content (AvgIpc) is 2.88. The van der Waals surface area contributed by atoms with Crippen LogP contribution in [0.25, 0.3) is 0 Å². The molecule has 0 bridgehead atoms. The van der Waals surface area contributed by atoms with Crippen molar-refractivity contribution in [2.45, 2.75) is 70.4 Å². The zero-order valence-electron chi connectivity index (χ0n) is 22.3. The molecule has 3 aromatic rings. The average molecular weight is 519 g/mol.